The molecular weight excluding hydrogens is 664 g/mol. The molecule has 4 aromatic rings. The number of carbonyl (C=O) groups is 4. The number of amides is 4. The van der Waals surface area contributed by atoms with E-state index in [0.717, 1.165) is 48.2 Å². The van der Waals surface area contributed by atoms with E-state index in [2.05, 4.69) is 43.6 Å². The summed E-state index contributed by atoms with van der Waals surface area (Å²) in [5, 5.41) is 38.9. The summed E-state index contributed by atoms with van der Waals surface area (Å²) < 4.78 is 3.36. The van der Waals surface area contributed by atoms with Crippen molar-refractivity contribution in [3.05, 3.63) is 82.2 Å². The minimum absolute atomic E-state index is 0.0458. The molecule has 0 bridgehead atoms. The number of fused-ring (bicyclic) bond motifs is 2. The van der Waals surface area contributed by atoms with Crippen molar-refractivity contribution in [3.63, 3.8) is 0 Å². The number of nitrogens with two attached hydrogens (primary N) is 2. The standard InChI is InChI=1S/2C18H18N6O2/c2*19-6-5-15(10-1-2-10)24-9-14(16(20)25)17(23-24)22-12-3-4-13-11(7-12)8-21-18(13)26/h2*3-4,7,9-10,15H,1-2,5,8H2,(H2,20,25)(H,21,26)(H,22,23)/t2*15-/m10/s1. The van der Waals surface area contributed by atoms with Crippen LogP contribution in [0.3, 0.4) is 0 Å². The van der Waals surface area contributed by atoms with Gasteiger partial charge in [0.05, 0.1) is 37.1 Å². The number of anilines is 4. The highest BCUT2D eigenvalue weighted by molar-refractivity contribution is 6.01. The van der Waals surface area contributed by atoms with Crippen LogP contribution in [0.15, 0.2) is 48.8 Å². The van der Waals surface area contributed by atoms with Gasteiger partial charge < -0.3 is 32.7 Å². The van der Waals surface area contributed by atoms with Gasteiger partial charge in [-0.15, -0.1) is 0 Å². The highest BCUT2D eigenvalue weighted by Crippen LogP contribution is 2.43. The Morgan fingerprint density at radius 2 is 1.15 bits per heavy atom. The first-order chi connectivity index (χ1) is 25.1. The van der Waals surface area contributed by atoms with Crippen LogP contribution in [-0.4, -0.2) is 43.2 Å². The number of carbonyl (C=O) groups excluding carboxylic acids is 4. The number of nitriles is 2. The van der Waals surface area contributed by atoms with Crippen LogP contribution in [-0.2, 0) is 13.1 Å². The molecule has 2 saturated carbocycles. The summed E-state index contributed by atoms with van der Waals surface area (Å²) in [4.78, 5) is 47.0. The molecule has 4 aliphatic rings. The predicted octanol–water partition coefficient (Wildman–Crippen LogP) is 3.67. The van der Waals surface area contributed by atoms with Crippen molar-refractivity contribution < 1.29 is 19.2 Å². The predicted molar refractivity (Wildman–Crippen MR) is 187 cm³/mol. The van der Waals surface area contributed by atoms with Crippen LogP contribution in [0.25, 0.3) is 0 Å². The maximum atomic E-state index is 11.8. The SMILES string of the molecule is N#CC[C@@H](C1CC1)n1cc(C(N)=O)c(Nc2ccc3c(c2)CNC3=O)n1.N#CC[C@H](C1CC1)n1cc(C(N)=O)c(Nc2ccc3c(c2)CNC3=O)n1. The summed E-state index contributed by atoms with van der Waals surface area (Å²) in [5.41, 5.74) is 16.1. The molecule has 52 heavy (non-hydrogen) atoms. The lowest BCUT2D eigenvalue weighted by molar-refractivity contribution is 0.0957. The van der Waals surface area contributed by atoms with E-state index in [4.69, 9.17) is 22.0 Å². The third kappa shape index (κ3) is 6.99. The first-order valence-electron chi connectivity index (χ1n) is 17.0. The molecule has 0 spiro atoms. The summed E-state index contributed by atoms with van der Waals surface area (Å²) in [6.07, 6.45) is 8.17. The van der Waals surface area contributed by atoms with E-state index in [-0.39, 0.29) is 35.0 Å². The third-order valence-electron chi connectivity index (χ3n) is 9.71. The van der Waals surface area contributed by atoms with E-state index in [9.17, 15) is 19.2 Å². The molecule has 2 aliphatic carbocycles. The number of benzene rings is 2. The Labute approximate surface area is 298 Å². The summed E-state index contributed by atoms with van der Waals surface area (Å²) in [7, 11) is 0. The van der Waals surface area contributed by atoms with Crippen molar-refractivity contribution in [2.24, 2.45) is 23.3 Å². The minimum atomic E-state index is -0.580. The number of nitrogens with one attached hydrogen (secondary N) is 4. The Kier molecular flexibility index (Phi) is 9.04. The molecule has 8 rings (SSSR count). The van der Waals surface area contributed by atoms with E-state index >= 15 is 0 Å². The van der Waals surface area contributed by atoms with Crippen LogP contribution in [0.5, 0.6) is 0 Å². The van der Waals surface area contributed by atoms with Crippen LogP contribution in [0.2, 0.25) is 0 Å². The molecule has 2 aliphatic heterocycles. The smallest absolute Gasteiger partial charge is 0.254 e. The summed E-state index contributed by atoms with van der Waals surface area (Å²) in [5.74, 6) is 0.221. The van der Waals surface area contributed by atoms with Gasteiger partial charge in [-0.25, -0.2) is 0 Å². The van der Waals surface area contributed by atoms with E-state index in [1.54, 1.807) is 46.0 Å². The first-order valence-corrected chi connectivity index (χ1v) is 17.0. The number of nitrogens with zero attached hydrogens (tertiary/aromatic N) is 6. The molecule has 16 nitrogen and oxygen atoms in total. The van der Waals surface area contributed by atoms with Gasteiger partial charge in [0.1, 0.15) is 11.1 Å². The highest BCUT2D eigenvalue weighted by Gasteiger charge is 2.35. The van der Waals surface area contributed by atoms with Gasteiger partial charge in [0.25, 0.3) is 23.6 Å². The average molecular weight is 701 g/mol. The molecule has 0 unspecified atom stereocenters. The van der Waals surface area contributed by atoms with E-state index in [0.29, 0.717) is 60.5 Å². The second kappa shape index (κ2) is 13.9. The fourth-order valence-corrected chi connectivity index (χ4v) is 6.66. The Bertz CT molecular complexity index is 2030. The number of hydrogen-bond acceptors (Lipinski definition) is 10. The summed E-state index contributed by atoms with van der Waals surface area (Å²) in [6.45, 7) is 0.958. The lowest BCUT2D eigenvalue weighted by atomic mass is 10.1. The molecule has 4 heterocycles. The Hall–Kier alpha value is -6.68. The Morgan fingerprint density at radius 1 is 0.750 bits per heavy atom. The zero-order chi connectivity index (χ0) is 36.5. The molecule has 4 amide bonds. The Balaban J connectivity index is 0.000000162. The van der Waals surface area contributed by atoms with Gasteiger partial charge in [0, 0.05) is 48.0 Å². The van der Waals surface area contributed by atoms with Crippen molar-refractivity contribution in [1.29, 1.82) is 10.5 Å². The molecule has 0 saturated heterocycles. The second-order valence-electron chi connectivity index (χ2n) is 13.4. The maximum absolute atomic E-state index is 11.8. The topological polar surface area (TPSA) is 252 Å². The van der Waals surface area contributed by atoms with Gasteiger partial charge in [0.2, 0.25) is 0 Å². The fraction of sp³-hybridized carbons (Fsp3) is 0.333. The fourth-order valence-electron chi connectivity index (χ4n) is 6.66. The van der Waals surface area contributed by atoms with Crippen molar-refractivity contribution >= 4 is 46.6 Å². The largest absolute Gasteiger partial charge is 0.365 e. The highest BCUT2D eigenvalue weighted by atomic mass is 16.2. The van der Waals surface area contributed by atoms with Crippen molar-refractivity contribution in [2.75, 3.05) is 10.6 Å². The lowest BCUT2D eigenvalue weighted by Crippen LogP contribution is -2.13. The Morgan fingerprint density at radius 3 is 1.50 bits per heavy atom. The monoisotopic (exact) mass is 700 g/mol. The van der Waals surface area contributed by atoms with Gasteiger partial charge in [-0.05, 0) is 85.0 Å². The molecule has 264 valence electrons. The van der Waals surface area contributed by atoms with Gasteiger partial charge >= 0.3 is 0 Å². The molecule has 0 radical (unpaired) electrons. The third-order valence-corrected chi connectivity index (χ3v) is 9.71. The van der Waals surface area contributed by atoms with Crippen LogP contribution >= 0.6 is 0 Å². The molecule has 2 atom stereocenters. The molecule has 16 heteroatoms. The molecule has 2 aromatic carbocycles. The number of aromatic nitrogens is 4. The number of hydrogen-bond donors (Lipinski definition) is 6. The lowest BCUT2D eigenvalue weighted by Gasteiger charge is -2.12. The summed E-state index contributed by atoms with van der Waals surface area (Å²) in [6, 6.07) is 15.0. The summed E-state index contributed by atoms with van der Waals surface area (Å²) >= 11 is 0. The number of primary amides is 2. The van der Waals surface area contributed by atoms with Gasteiger partial charge in [-0.2, -0.15) is 20.7 Å². The minimum Gasteiger partial charge on any atom is -0.365 e. The van der Waals surface area contributed by atoms with E-state index in [1.807, 2.05) is 12.1 Å². The molecule has 2 aromatic heterocycles. The zero-order valence-corrected chi connectivity index (χ0v) is 28.1. The van der Waals surface area contributed by atoms with Crippen LogP contribution in [0.1, 0.15) is 103 Å². The average Bonchev–Trinajstić information content (AvgIpc) is 4.00. The molecular formula is C36H36N12O4. The van der Waals surface area contributed by atoms with Crippen molar-refractivity contribution in [3.8, 4) is 12.1 Å². The second-order valence-corrected chi connectivity index (χ2v) is 13.4. The first kappa shape index (κ1) is 33.8. The van der Waals surface area contributed by atoms with Gasteiger partial charge in [-0.3, -0.25) is 28.5 Å². The van der Waals surface area contributed by atoms with Crippen molar-refractivity contribution in [2.45, 2.75) is 63.7 Å². The van der Waals surface area contributed by atoms with E-state index < -0.39 is 11.8 Å². The van der Waals surface area contributed by atoms with Crippen LogP contribution < -0.4 is 32.7 Å². The quantitative estimate of drug-likeness (QED) is 0.125. The van der Waals surface area contributed by atoms with Gasteiger partial charge in [-0.1, -0.05) is 0 Å². The van der Waals surface area contributed by atoms with Crippen LogP contribution in [0.4, 0.5) is 23.0 Å². The van der Waals surface area contributed by atoms with Gasteiger partial charge in [0.15, 0.2) is 11.6 Å². The molecule has 2 fully saturated rings. The van der Waals surface area contributed by atoms with E-state index in [1.165, 1.54) is 0 Å². The van der Waals surface area contributed by atoms with Crippen molar-refractivity contribution in [1.82, 2.24) is 30.2 Å². The maximum Gasteiger partial charge on any atom is 0.254 e. The normalized spacial score (nSPS) is 16.5. The number of rotatable bonds is 12. The zero-order valence-electron chi connectivity index (χ0n) is 28.1. The van der Waals surface area contributed by atoms with Crippen LogP contribution in [0, 0.1) is 34.5 Å². The molecule has 8 N–H and O–H groups in total.